The number of non-ortho nitro benzene ring substituents is 1. The standard InChI is InChI=1S/C19H21N3O5/c1-19(2,3)21-18(24)13-5-4-6-14(11-13)20-17(23)12-27-16-9-7-15(8-10-16)22(25)26/h4-11H,12H2,1-3H3,(H,20,23)(H,21,24). The van der Waals surface area contributed by atoms with E-state index < -0.39 is 10.8 Å². The summed E-state index contributed by atoms with van der Waals surface area (Å²) in [6, 6.07) is 12.0. The van der Waals surface area contributed by atoms with E-state index in [9.17, 15) is 19.7 Å². The molecule has 2 aromatic carbocycles. The second-order valence-corrected chi connectivity index (χ2v) is 6.87. The summed E-state index contributed by atoms with van der Waals surface area (Å²) < 4.78 is 5.30. The van der Waals surface area contributed by atoms with Gasteiger partial charge in [0.2, 0.25) is 0 Å². The number of rotatable bonds is 6. The van der Waals surface area contributed by atoms with Crippen molar-refractivity contribution in [1.29, 1.82) is 0 Å². The van der Waals surface area contributed by atoms with E-state index >= 15 is 0 Å². The van der Waals surface area contributed by atoms with Gasteiger partial charge >= 0.3 is 0 Å². The second-order valence-electron chi connectivity index (χ2n) is 6.87. The van der Waals surface area contributed by atoms with Gasteiger partial charge in [0.15, 0.2) is 6.61 Å². The van der Waals surface area contributed by atoms with Gasteiger partial charge in [-0.15, -0.1) is 0 Å². The number of nitro groups is 1. The minimum absolute atomic E-state index is 0.0582. The van der Waals surface area contributed by atoms with E-state index in [0.29, 0.717) is 17.0 Å². The molecule has 0 unspecified atom stereocenters. The van der Waals surface area contributed by atoms with E-state index in [0.717, 1.165) is 0 Å². The van der Waals surface area contributed by atoms with Crippen molar-refractivity contribution in [1.82, 2.24) is 5.32 Å². The number of carbonyl (C=O) groups excluding carboxylic acids is 2. The first-order chi connectivity index (χ1) is 12.6. The molecule has 0 aliphatic heterocycles. The number of nitro benzene ring substituents is 1. The Morgan fingerprint density at radius 2 is 1.78 bits per heavy atom. The van der Waals surface area contributed by atoms with Gasteiger partial charge in [0.05, 0.1) is 4.92 Å². The van der Waals surface area contributed by atoms with E-state index in [1.165, 1.54) is 24.3 Å². The molecule has 0 saturated carbocycles. The van der Waals surface area contributed by atoms with Crippen LogP contribution < -0.4 is 15.4 Å². The van der Waals surface area contributed by atoms with Crippen LogP contribution in [0.3, 0.4) is 0 Å². The van der Waals surface area contributed by atoms with Gasteiger partial charge in [-0.3, -0.25) is 19.7 Å². The molecule has 8 nitrogen and oxygen atoms in total. The van der Waals surface area contributed by atoms with Gasteiger partial charge in [-0.2, -0.15) is 0 Å². The predicted molar refractivity (Wildman–Crippen MR) is 101 cm³/mol. The topological polar surface area (TPSA) is 111 Å². The van der Waals surface area contributed by atoms with Gasteiger partial charge in [0.25, 0.3) is 17.5 Å². The van der Waals surface area contributed by atoms with E-state index in [1.807, 2.05) is 20.8 Å². The SMILES string of the molecule is CC(C)(C)NC(=O)c1cccc(NC(=O)COc2ccc([N+](=O)[O-])cc2)c1. The number of carbonyl (C=O) groups is 2. The van der Waals surface area contributed by atoms with E-state index in [2.05, 4.69) is 10.6 Å². The summed E-state index contributed by atoms with van der Waals surface area (Å²) >= 11 is 0. The number of amides is 2. The quantitative estimate of drug-likeness (QED) is 0.599. The van der Waals surface area contributed by atoms with Crippen LogP contribution in [0.4, 0.5) is 11.4 Å². The molecule has 27 heavy (non-hydrogen) atoms. The van der Waals surface area contributed by atoms with Gasteiger partial charge in [-0.25, -0.2) is 0 Å². The second kappa shape index (κ2) is 8.31. The van der Waals surface area contributed by atoms with E-state index in [-0.39, 0.29) is 23.7 Å². The number of nitrogens with zero attached hydrogens (tertiary/aromatic N) is 1. The van der Waals surface area contributed by atoms with Crippen LogP contribution in [0.15, 0.2) is 48.5 Å². The highest BCUT2D eigenvalue weighted by Crippen LogP contribution is 2.17. The Balaban J connectivity index is 1.92. The molecule has 0 fully saturated rings. The number of benzene rings is 2. The molecule has 0 aliphatic carbocycles. The average molecular weight is 371 g/mol. The molecule has 0 aromatic heterocycles. The third kappa shape index (κ3) is 6.43. The highest BCUT2D eigenvalue weighted by molar-refractivity contribution is 5.97. The summed E-state index contributed by atoms with van der Waals surface area (Å²) in [6.07, 6.45) is 0. The summed E-state index contributed by atoms with van der Waals surface area (Å²) in [5.74, 6) is -0.309. The largest absolute Gasteiger partial charge is 0.484 e. The first kappa shape index (κ1) is 19.9. The molecule has 2 amide bonds. The summed E-state index contributed by atoms with van der Waals surface area (Å²) in [6.45, 7) is 5.38. The molecule has 0 saturated heterocycles. The van der Waals surface area contributed by atoms with Crippen molar-refractivity contribution in [3.8, 4) is 5.75 Å². The van der Waals surface area contributed by atoms with Crippen LogP contribution >= 0.6 is 0 Å². The fraction of sp³-hybridized carbons (Fsp3) is 0.263. The van der Waals surface area contributed by atoms with Crippen molar-refractivity contribution in [2.75, 3.05) is 11.9 Å². The molecule has 0 aliphatic rings. The third-order valence-electron chi connectivity index (χ3n) is 3.31. The lowest BCUT2D eigenvalue weighted by Crippen LogP contribution is -2.40. The highest BCUT2D eigenvalue weighted by Gasteiger charge is 2.15. The molecule has 0 heterocycles. The number of ether oxygens (including phenoxy) is 1. The van der Waals surface area contributed by atoms with Gasteiger partial charge in [0.1, 0.15) is 5.75 Å². The highest BCUT2D eigenvalue weighted by atomic mass is 16.6. The fourth-order valence-electron chi connectivity index (χ4n) is 2.16. The molecule has 0 spiro atoms. The van der Waals surface area contributed by atoms with Crippen molar-refractivity contribution in [2.24, 2.45) is 0 Å². The first-order valence-electron chi connectivity index (χ1n) is 8.24. The number of hydrogen-bond donors (Lipinski definition) is 2. The molecule has 8 heteroatoms. The van der Waals surface area contributed by atoms with Gasteiger partial charge in [-0.1, -0.05) is 6.07 Å². The zero-order valence-electron chi connectivity index (χ0n) is 15.3. The fourth-order valence-corrected chi connectivity index (χ4v) is 2.16. The van der Waals surface area contributed by atoms with Crippen molar-refractivity contribution in [3.63, 3.8) is 0 Å². The Labute approximate surface area is 156 Å². The molecule has 2 rings (SSSR count). The summed E-state index contributed by atoms with van der Waals surface area (Å²) in [5.41, 5.74) is 0.472. The molecule has 0 bridgehead atoms. The van der Waals surface area contributed by atoms with Crippen LogP contribution in [0, 0.1) is 10.1 Å². The first-order valence-corrected chi connectivity index (χ1v) is 8.24. The van der Waals surface area contributed by atoms with Crippen LogP contribution in [-0.2, 0) is 4.79 Å². The number of nitrogens with one attached hydrogen (secondary N) is 2. The van der Waals surface area contributed by atoms with Crippen LogP contribution in [-0.4, -0.2) is 28.9 Å². The lowest BCUT2D eigenvalue weighted by molar-refractivity contribution is -0.384. The van der Waals surface area contributed by atoms with Crippen LogP contribution in [0.5, 0.6) is 5.75 Å². The minimum atomic E-state index is -0.515. The molecule has 2 aromatic rings. The molecular weight excluding hydrogens is 350 g/mol. The van der Waals surface area contributed by atoms with Gasteiger partial charge < -0.3 is 15.4 Å². The predicted octanol–water partition coefficient (Wildman–Crippen LogP) is 3.14. The minimum Gasteiger partial charge on any atom is -0.484 e. The average Bonchev–Trinajstić information content (AvgIpc) is 2.59. The third-order valence-corrected chi connectivity index (χ3v) is 3.31. The van der Waals surface area contributed by atoms with Gasteiger partial charge in [0, 0.05) is 28.9 Å². The monoisotopic (exact) mass is 371 g/mol. The number of hydrogen-bond acceptors (Lipinski definition) is 5. The smallest absolute Gasteiger partial charge is 0.269 e. The Morgan fingerprint density at radius 3 is 2.37 bits per heavy atom. The van der Waals surface area contributed by atoms with Crippen LogP contribution in [0.25, 0.3) is 0 Å². The zero-order chi connectivity index (χ0) is 20.0. The van der Waals surface area contributed by atoms with E-state index in [1.54, 1.807) is 24.3 Å². The Kier molecular flexibility index (Phi) is 6.12. The maximum absolute atomic E-state index is 12.2. The normalized spacial score (nSPS) is 10.8. The molecule has 0 atom stereocenters. The summed E-state index contributed by atoms with van der Waals surface area (Å²) in [5, 5.41) is 16.1. The Bertz CT molecular complexity index is 841. The van der Waals surface area contributed by atoms with Crippen molar-refractivity contribution < 1.29 is 19.2 Å². The Hall–Kier alpha value is -3.42. The lowest BCUT2D eigenvalue weighted by Gasteiger charge is -2.20. The zero-order valence-corrected chi connectivity index (χ0v) is 15.3. The maximum Gasteiger partial charge on any atom is 0.269 e. The molecule has 142 valence electrons. The van der Waals surface area contributed by atoms with E-state index in [4.69, 9.17) is 4.74 Å². The van der Waals surface area contributed by atoms with Gasteiger partial charge in [-0.05, 0) is 51.1 Å². The van der Waals surface area contributed by atoms with Crippen molar-refractivity contribution >= 4 is 23.2 Å². The Morgan fingerprint density at radius 1 is 1.11 bits per heavy atom. The summed E-state index contributed by atoms with van der Waals surface area (Å²) in [4.78, 5) is 34.3. The summed E-state index contributed by atoms with van der Waals surface area (Å²) in [7, 11) is 0. The number of anilines is 1. The van der Waals surface area contributed by atoms with Crippen molar-refractivity contribution in [3.05, 3.63) is 64.2 Å². The lowest BCUT2D eigenvalue weighted by atomic mass is 10.1. The molecule has 0 radical (unpaired) electrons. The van der Waals surface area contributed by atoms with Crippen LogP contribution in [0.2, 0.25) is 0 Å². The van der Waals surface area contributed by atoms with Crippen molar-refractivity contribution in [2.45, 2.75) is 26.3 Å². The maximum atomic E-state index is 12.2. The van der Waals surface area contributed by atoms with Crippen LogP contribution in [0.1, 0.15) is 31.1 Å². The molecular formula is C19H21N3O5. The molecule has 2 N–H and O–H groups in total.